The Bertz CT molecular complexity index is 689. The summed E-state index contributed by atoms with van der Waals surface area (Å²) in [5.41, 5.74) is 2.44. The quantitative estimate of drug-likeness (QED) is 0.338. The number of aryl methyl sites for hydroxylation is 1. The van der Waals surface area contributed by atoms with Gasteiger partial charge in [0.25, 0.3) is 0 Å². The zero-order valence-corrected chi connectivity index (χ0v) is 20.1. The first-order valence-corrected chi connectivity index (χ1v) is 9.94. The number of benzene rings is 1. The highest BCUT2D eigenvalue weighted by Gasteiger charge is 2.12. The minimum atomic E-state index is 0. The maximum atomic E-state index is 4.53. The van der Waals surface area contributed by atoms with Crippen molar-refractivity contribution in [2.45, 2.75) is 39.4 Å². The van der Waals surface area contributed by atoms with Crippen LogP contribution < -0.4 is 5.32 Å². The normalized spacial score (nSPS) is 12.6. The number of rotatable bonds is 8. The van der Waals surface area contributed by atoms with Crippen LogP contribution in [0.15, 0.2) is 40.7 Å². The van der Waals surface area contributed by atoms with Gasteiger partial charge in [-0.1, -0.05) is 30.3 Å². The van der Waals surface area contributed by atoms with Crippen molar-refractivity contribution < 1.29 is 0 Å². The molecule has 150 valence electrons. The maximum Gasteiger partial charge on any atom is 0.193 e. The molecule has 0 saturated heterocycles. The Hall–Kier alpha value is -1.19. The lowest BCUT2D eigenvalue weighted by molar-refractivity contribution is 0.238. The zero-order chi connectivity index (χ0) is 18.9. The molecule has 7 heteroatoms. The molecule has 0 amide bonds. The van der Waals surface area contributed by atoms with Gasteiger partial charge in [0, 0.05) is 38.6 Å². The van der Waals surface area contributed by atoms with Gasteiger partial charge in [0.05, 0.1) is 17.2 Å². The summed E-state index contributed by atoms with van der Waals surface area (Å²) in [6.07, 6.45) is 1.06. The number of nitrogens with one attached hydrogen (secondary N) is 1. The van der Waals surface area contributed by atoms with Crippen molar-refractivity contribution in [3.05, 3.63) is 52.0 Å². The first-order valence-electron chi connectivity index (χ1n) is 9.06. The molecule has 27 heavy (non-hydrogen) atoms. The summed E-state index contributed by atoms with van der Waals surface area (Å²) in [4.78, 5) is 13.4. The molecule has 0 bridgehead atoms. The third-order valence-electron chi connectivity index (χ3n) is 4.51. The van der Waals surface area contributed by atoms with E-state index in [2.05, 4.69) is 81.8 Å². The Morgan fingerprint density at radius 3 is 2.52 bits per heavy atom. The molecule has 1 unspecified atom stereocenters. The number of aromatic nitrogens is 1. The van der Waals surface area contributed by atoms with Crippen molar-refractivity contribution in [1.82, 2.24) is 20.1 Å². The van der Waals surface area contributed by atoms with Gasteiger partial charge in [-0.2, -0.15) is 0 Å². The van der Waals surface area contributed by atoms with Gasteiger partial charge >= 0.3 is 0 Å². The lowest BCUT2D eigenvalue weighted by Gasteiger charge is -2.26. The highest BCUT2D eigenvalue weighted by atomic mass is 127. The van der Waals surface area contributed by atoms with Gasteiger partial charge in [-0.3, -0.25) is 9.89 Å². The minimum absolute atomic E-state index is 0. The Morgan fingerprint density at radius 2 is 1.93 bits per heavy atom. The number of halogens is 1. The molecule has 0 fully saturated rings. The van der Waals surface area contributed by atoms with Crippen molar-refractivity contribution in [2.24, 2.45) is 4.99 Å². The van der Waals surface area contributed by atoms with Gasteiger partial charge in [-0.25, -0.2) is 4.98 Å². The predicted molar refractivity (Wildman–Crippen MR) is 127 cm³/mol. The number of guanidine groups is 1. The Kier molecular flexibility index (Phi) is 10.9. The number of aliphatic imine (C=N–C) groups is 1. The summed E-state index contributed by atoms with van der Waals surface area (Å²) in [7, 11) is 6.06. The van der Waals surface area contributed by atoms with E-state index in [1.54, 1.807) is 11.3 Å². The van der Waals surface area contributed by atoms with E-state index in [1.807, 2.05) is 14.0 Å². The van der Waals surface area contributed by atoms with E-state index >= 15 is 0 Å². The smallest absolute Gasteiger partial charge is 0.193 e. The molecule has 0 aliphatic heterocycles. The van der Waals surface area contributed by atoms with Crippen molar-refractivity contribution in [1.29, 1.82) is 0 Å². The Labute approximate surface area is 184 Å². The number of thiazole rings is 1. The first-order chi connectivity index (χ1) is 12.5. The molecule has 2 rings (SSSR count). The summed E-state index contributed by atoms with van der Waals surface area (Å²) < 4.78 is 0. The fourth-order valence-corrected chi connectivity index (χ4v) is 3.43. The van der Waals surface area contributed by atoms with Gasteiger partial charge in [-0.15, -0.1) is 35.3 Å². The molecule has 1 aromatic carbocycles. The summed E-state index contributed by atoms with van der Waals surface area (Å²) in [6, 6.07) is 11.1. The number of nitrogens with zero attached hydrogens (tertiary/aromatic N) is 4. The van der Waals surface area contributed by atoms with E-state index in [0.717, 1.165) is 42.7 Å². The fraction of sp³-hybridized carbons (Fsp3) is 0.500. The molecule has 0 aliphatic rings. The zero-order valence-electron chi connectivity index (χ0n) is 17.0. The largest absolute Gasteiger partial charge is 0.356 e. The molecule has 1 heterocycles. The van der Waals surface area contributed by atoms with Gasteiger partial charge in [0.1, 0.15) is 0 Å². The van der Waals surface area contributed by atoms with Crippen molar-refractivity contribution in [2.75, 3.05) is 27.7 Å². The van der Waals surface area contributed by atoms with E-state index in [-0.39, 0.29) is 24.0 Å². The van der Waals surface area contributed by atoms with Gasteiger partial charge in [0.15, 0.2) is 5.96 Å². The summed E-state index contributed by atoms with van der Waals surface area (Å²) in [5, 5.41) is 6.68. The average Bonchev–Trinajstić information content (AvgIpc) is 3.04. The third kappa shape index (κ3) is 8.15. The Balaban J connectivity index is 0.00000364. The third-order valence-corrected chi connectivity index (χ3v) is 5.33. The second kappa shape index (κ2) is 12.3. The van der Waals surface area contributed by atoms with Crippen LogP contribution in [0.5, 0.6) is 0 Å². The first kappa shape index (κ1) is 23.8. The lowest BCUT2D eigenvalue weighted by atomic mass is 10.1. The highest BCUT2D eigenvalue weighted by Crippen LogP contribution is 2.10. The standard InChI is InChI=1S/C20H31N5S.HI/c1-16(24(4)13-18-9-7-6-8-10-18)11-12-22-20(21-3)25(5)14-19-15-26-17(2)23-19;/h6-10,15-16H,11-14H2,1-5H3,(H,21,22);1H. The summed E-state index contributed by atoms with van der Waals surface area (Å²) in [6.45, 7) is 6.95. The molecule has 0 radical (unpaired) electrons. The van der Waals surface area contributed by atoms with Crippen LogP contribution in [0.25, 0.3) is 0 Å². The van der Waals surface area contributed by atoms with Crippen molar-refractivity contribution in [3.63, 3.8) is 0 Å². The molecule has 1 atom stereocenters. The number of hydrogen-bond donors (Lipinski definition) is 1. The van der Waals surface area contributed by atoms with E-state index in [4.69, 9.17) is 0 Å². The molecular weight excluding hydrogens is 469 g/mol. The topological polar surface area (TPSA) is 43.8 Å². The van der Waals surface area contributed by atoms with Crippen LogP contribution in [0.1, 0.15) is 29.6 Å². The second-order valence-corrected chi connectivity index (χ2v) is 7.79. The Morgan fingerprint density at radius 1 is 1.22 bits per heavy atom. The average molecular weight is 501 g/mol. The molecular formula is C20H32IN5S. The summed E-state index contributed by atoms with van der Waals surface area (Å²) >= 11 is 1.69. The summed E-state index contributed by atoms with van der Waals surface area (Å²) in [5.74, 6) is 0.911. The predicted octanol–water partition coefficient (Wildman–Crippen LogP) is 3.99. The van der Waals surface area contributed by atoms with Crippen LogP contribution in [0.4, 0.5) is 0 Å². The van der Waals surface area contributed by atoms with Crippen LogP contribution in [0.2, 0.25) is 0 Å². The molecule has 0 spiro atoms. The van der Waals surface area contributed by atoms with Gasteiger partial charge in [0.2, 0.25) is 0 Å². The van der Waals surface area contributed by atoms with Crippen LogP contribution >= 0.6 is 35.3 Å². The van der Waals surface area contributed by atoms with E-state index in [0.29, 0.717) is 6.04 Å². The van der Waals surface area contributed by atoms with Crippen LogP contribution in [0, 0.1) is 6.92 Å². The SMILES string of the molecule is CN=C(NCCC(C)N(C)Cc1ccccc1)N(C)Cc1csc(C)n1.I. The second-order valence-electron chi connectivity index (χ2n) is 6.73. The van der Waals surface area contributed by atoms with E-state index in [1.165, 1.54) is 5.56 Å². The van der Waals surface area contributed by atoms with Crippen LogP contribution in [-0.2, 0) is 13.1 Å². The molecule has 0 saturated carbocycles. The fourth-order valence-electron chi connectivity index (χ4n) is 2.82. The van der Waals surface area contributed by atoms with E-state index < -0.39 is 0 Å². The van der Waals surface area contributed by atoms with E-state index in [9.17, 15) is 0 Å². The maximum absolute atomic E-state index is 4.53. The van der Waals surface area contributed by atoms with Crippen LogP contribution in [-0.4, -0.2) is 54.5 Å². The molecule has 5 nitrogen and oxygen atoms in total. The lowest BCUT2D eigenvalue weighted by Crippen LogP contribution is -2.40. The monoisotopic (exact) mass is 501 g/mol. The number of hydrogen-bond acceptors (Lipinski definition) is 4. The van der Waals surface area contributed by atoms with Crippen molar-refractivity contribution >= 4 is 41.3 Å². The van der Waals surface area contributed by atoms with Crippen molar-refractivity contribution in [3.8, 4) is 0 Å². The van der Waals surface area contributed by atoms with Gasteiger partial charge in [-0.05, 0) is 32.9 Å². The minimum Gasteiger partial charge on any atom is -0.356 e. The molecule has 1 aromatic heterocycles. The molecule has 0 aliphatic carbocycles. The van der Waals surface area contributed by atoms with Crippen LogP contribution in [0.3, 0.4) is 0 Å². The molecule has 1 N–H and O–H groups in total. The molecule has 2 aromatic rings. The van der Waals surface area contributed by atoms with Gasteiger partial charge < -0.3 is 10.2 Å². The highest BCUT2D eigenvalue weighted by molar-refractivity contribution is 14.0.